The first-order valence-electron chi connectivity index (χ1n) is 9.92. The van der Waals surface area contributed by atoms with Crippen LogP contribution in [0.1, 0.15) is 10.4 Å². The Hall–Kier alpha value is -2.95. The van der Waals surface area contributed by atoms with Crippen LogP contribution in [-0.2, 0) is 14.8 Å². The number of benzene rings is 2. The van der Waals surface area contributed by atoms with Gasteiger partial charge in [0.15, 0.2) is 0 Å². The number of para-hydroxylation sites is 1. The Morgan fingerprint density at radius 2 is 1.56 bits per heavy atom. The van der Waals surface area contributed by atoms with E-state index in [0.717, 1.165) is 18.0 Å². The van der Waals surface area contributed by atoms with Gasteiger partial charge in [0.1, 0.15) is 6.54 Å². The Balaban J connectivity index is 1.65. The number of halogens is 1. The lowest BCUT2D eigenvalue weighted by atomic mass is 10.1. The molecule has 0 saturated carbocycles. The van der Waals surface area contributed by atoms with Crippen LogP contribution in [0.3, 0.4) is 0 Å². The molecule has 0 atom stereocenters. The standard InChI is InChI=1S/C21H21ClN4O5S/c1-23-10-12-24(13-11-23)20(28)17-4-2-3-5-18(17)25-14-19(27)26(21(25)29)32(30,31)16-8-6-15(22)7-9-16/h2-9H,10-14H2,1H3. The molecule has 2 fully saturated rings. The monoisotopic (exact) mass is 476 g/mol. The van der Waals surface area contributed by atoms with Crippen molar-refractivity contribution in [2.24, 2.45) is 0 Å². The summed E-state index contributed by atoms with van der Waals surface area (Å²) in [6, 6.07) is 10.6. The Bertz CT molecular complexity index is 1180. The number of imide groups is 1. The van der Waals surface area contributed by atoms with Crippen LogP contribution in [0, 0.1) is 0 Å². The molecule has 9 nitrogen and oxygen atoms in total. The number of nitrogens with zero attached hydrogens (tertiary/aromatic N) is 4. The summed E-state index contributed by atoms with van der Waals surface area (Å²) < 4.78 is 26.2. The van der Waals surface area contributed by atoms with E-state index in [0.29, 0.717) is 18.1 Å². The van der Waals surface area contributed by atoms with Gasteiger partial charge in [-0.1, -0.05) is 23.7 Å². The number of amides is 4. The molecular weight excluding hydrogens is 456 g/mol. The fourth-order valence-electron chi connectivity index (χ4n) is 3.69. The molecule has 2 saturated heterocycles. The summed E-state index contributed by atoms with van der Waals surface area (Å²) in [4.78, 5) is 43.5. The SMILES string of the molecule is CN1CCN(C(=O)c2ccccc2N2CC(=O)N(S(=O)(=O)c3ccc(Cl)cc3)C2=O)CC1. The first kappa shape index (κ1) is 22.3. The molecule has 2 aliphatic heterocycles. The van der Waals surface area contributed by atoms with Gasteiger partial charge in [-0.3, -0.25) is 14.5 Å². The second-order valence-electron chi connectivity index (χ2n) is 7.60. The third kappa shape index (κ3) is 3.96. The molecule has 2 aliphatic rings. The molecule has 4 rings (SSSR count). The van der Waals surface area contributed by atoms with E-state index >= 15 is 0 Å². The van der Waals surface area contributed by atoms with Gasteiger partial charge < -0.3 is 9.80 Å². The summed E-state index contributed by atoms with van der Waals surface area (Å²) in [7, 11) is -2.45. The van der Waals surface area contributed by atoms with Gasteiger partial charge in [0, 0.05) is 31.2 Å². The Kier molecular flexibility index (Phi) is 5.93. The van der Waals surface area contributed by atoms with Gasteiger partial charge in [-0.05, 0) is 43.4 Å². The van der Waals surface area contributed by atoms with Crippen molar-refractivity contribution in [3.63, 3.8) is 0 Å². The van der Waals surface area contributed by atoms with Crippen LogP contribution in [0.25, 0.3) is 0 Å². The summed E-state index contributed by atoms with van der Waals surface area (Å²) >= 11 is 5.81. The number of hydrogen-bond acceptors (Lipinski definition) is 6. The fourth-order valence-corrected chi connectivity index (χ4v) is 5.14. The van der Waals surface area contributed by atoms with Crippen LogP contribution < -0.4 is 4.90 Å². The van der Waals surface area contributed by atoms with Crippen molar-refractivity contribution in [2.45, 2.75) is 4.90 Å². The molecule has 0 aliphatic carbocycles. The van der Waals surface area contributed by atoms with Gasteiger partial charge in [-0.25, -0.2) is 13.2 Å². The van der Waals surface area contributed by atoms with Crippen LogP contribution in [0.15, 0.2) is 53.4 Å². The van der Waals surface area contributed by atoms with Gasteiger partial charge in [0.25, 0.3) is 21.8 Å². The molecule has 32 heavy (non-hydrogen) atoms. The summed E-state index contributed by atoms with van der Waals surface area (Å²) in [5.41, 5.74) is 0.438. The van der Waals surface area contributed by atoms with Crippen LogP contribution >= 0.6 is 11.6 Å². The molecule has 11 heteroatoms. The number of carbonyl (C=O) groups is 3. The Labute approximate surface area is 190 Å². The van der Waals surface area contributed by atoms with Crippen LogP contribution in [0.2, 0.25) is 5.02 Å². The molecule has 2 aromatic carbocycles. The predicted molar refractivity (Wildman–Crippen MR) is 118 cm³/mol. The van der Waals surface area contributed by atoms with E-state index in [9.17, 15) is 22.8 Å². The predicted octanol–water partition coefficient (Wildman–Crippen LogP) is 1.89. The summed E-state index contributed by atoms with van der Waals surface area (Å²) in [5.74, 6) is -1.17. The number of piperazine rings is 1. The number of rotatable bonds is 4. The highest BCUT2D eigenvalue weighted by Crippen LogP contribution is 2.30. The normalized spacial score (nSPS) is 17.9. The minimum absolute atomic E-state index is 0.198. The number of likely N-dealkylation sites (N-methyl/N-ethyl adjacent to an activating group) is 1. The number of hydrogen-bond donors (Lipinski definition) is 0. The third-order valence-electron chi connectivity index (χ3n) is 5.49. The lowest BCUT2D eigenvalue weighted by Crippen LogP contribution is -2.47. The third-order valence-corrected chi connectivity index (χ3v) is 7.45. The molecule has 0 aromatic heterocycles. The minimum Gasteiger partial charge on any atom is -0.336 e. The van der Waals surface area contributed by atoms with Crippen molar-refractivity contribution in [3.05, 3.63) is 59.1 Å². The zero-order valence-corrected chi connectivity index (χ0v) is 18.8. The Morgan fingerprint density at radius 1 is 0.938 bits per heavy atom. The first-order chi connectivity index (χ1) is 15.2. The number of sulfonamides is 1. The molecule has 0 bridgehead atoms. The van der Waals surface area contributed by atoms with E-state index in [1.165, 1.54) is 30.3 Å². The largest absolute Gasteiger partial charge is 0.346 e. The number of anilines is 1. The maximum Gasteiger partial charge on any atom is 0.346 e. The van der Waals surface area contributed by atoms with E-state index in [-0.39, 0.29) is 26.4 Å². The molecular formula is C21H21ClN4O5S. The van der Waals surface area contributed by atoms with Gasteiger partial charge >= 0.3 is 6.03 Å². The number of urea groups is 1. The van der Waals surface area contributed by atoms with Crippen molar-refractivity contribution in [3.8, 4) is 0 Å². The lowest BCUT2D eigenvalue weighted by Gasteiger charge is -2.33. The van der Waals surface area contributed by atoms with Crippen molar-refractivity contribution < 1.29 is 22.8 Å². The smallest absolute Gasteiger partial charge is 0.336 e. The van der Waals surface area contributed by atoms with E-state index in [4.69, 9.17) is 11.6 Å². The van der Waals surface area contributed by atoms with Crippen LogP contribution in [-0.4, -0.2) is 80.1 Å². The van der Waals surface area contributed by atoms with Crippen molar-refractivity contribution >= 4 is 45.2 Å². The molecule has 168 valence electrons. The molecule has 2 aromatic rings. The number of carbonyl (C=O) groups excluding carboxylic acids is 3. The van der Waals surface area contributed by atoms with Gasteiger partial charge in [-0.15, -0.1) is 4.31 Å². The van der Waals surface area contributed by atoms with Crippen molar-refractivity contribution in [1.82, 2.24) is 14.1 Å². The highest BCUT2D eigenvalue weighted by molar-refractivity contribution is 7.90. The zero-order valence-electron chi connectivity index (χ0n) is 17.3. The van der Waals surface area contributed by atoms with Gasteiger partial charge in [-0.2, -0.15) is 0 Å². The average molecular weight is 477 g/mol. The highest BCUT2D eigenvalue weighted by Gasteiger charge is 2.46. The average Bonchev–Trinajstić information content (AvgIpc) is 3.08. The summed E-state index contributed by atoms with van der Waals surface area (Å²) in [6.07, 6.45) is 0. The first-order valence-corrected chi connectivity index (χ1v) is 11.7. The van der Waals surface area contributed by atoms with E-state index in [1.54, 1.807) is 23.1 Å². The molecule has 0 unspecified atom stereocenters. The molecule has 4 amide bonds. The van der Waals surface area contributed by atoms with E-state index in [2.05, 4.69) is 4.90 Å². The van der Waals surface area contributed by atoms with E-state index in [1.807, 2.05) is 7.05 Å². The lowest BCUT2D eigenvalue weighted by molar-refractivity contribution is -0.121. The molecule has 0 N–H and O–H groups in total. The zero-order chi connectivity index (χ0) is 23.0. The second-order valence-corrected chi connectivity index (χ2v) is 9.82. The quantitative estimate of drug-likeness (QED) is 0.625. The molecule has 0 radical (unpaired) electrons. The van der Waals surface area contributed by atoms with E-state index < -0.39 is 28.5 Å². The summed E-state index contributed by atoms with van der Waals surface area (Å²) in [6.45, 7) is 2.03. The van der Waals surface area contributed by atoms with Gasteiger partial charge in [0.2, 0.25) is 0 Å². The van der Waals surface area contributed by atoms with Crippen molar-refractivity contribution in [2.75, 3.05) is 44.7 Å². The fraction of sp³-hybridized carbons (Fsp3) is 0.286. The Morgan fingerprint density at radius 3 is 2.22 bits per heavy atom. The minimum atomic E-state index is -4.42. The van der Waals surface area contributed by atoms with Crippen LogP contribution in [0.4, 0.5) is 10.5 Å². The second kappa shape index (κ2) is 8.53. The maximum atomic E-state index is 13.1. The molecule has 0 spiro atoms. The molecule has 2 heterocycles. The maximum absolute atomic E-state index is 13.1. The van der Waals surface area contributed by atoms with Gasteiger partial charge in [0.05, 0.1) is 16.1 Å². The summed E-state index contributed by atoms with van der Waals surface area (Å²) in [5, 5.41) is 0.320. The highest BCUT2D eigenvalue weighted by atomic mass is 35.5. The van der Waals surface area contributed by atoms with Crippen LogP contribution in [0.5, 0.6) is 0 Å². The van der Waals surface area contributed by atoms with Crippen molar-refractivity contribution in [1.29, 1.82) is 0 Å². The topological polar surface area (TPSA) is 98.3 Å².